The highest BCUT2D eigenvalue weighted by atomic mass is 32.2. The van der Waals surface area contributed by atoms with E-state index in [1.165, 1.54) is 5.56 Å². The van der Waals surface area contributed by atoms with Crippen molar-refractivity contribution in [3.05, 3.63) is 23.8 Å². The van der Waals surface area contributed by atoms with Crippen LogP contribution in [0.15, 0.2) is 18.2 Å². The summed E-state index contributed by atoms with van der Waals surface area (Å²) in [4.78, 5) is 0. The van der Waals surface area contributed by atoms with E-state index in [1.54, 1.807) is 0 Å². The molecule has 0 fully saturated rings. The van der Waals surface area contributed by atoms with Crippen molar-refractivity contribution >= 4 is 11.8 Å². The number of nitrogens with one attached hydrogen (secondary N) is 1. The fraction of sp³-hybridized carbons (Fsp3) is 0.571. The molecular formula is C14H21NO2S. The van der Waals surface area contributed by atoms with Gasteiger partial charge in [-0.2, -0.15) is 11.8 Å². The van der Waals surface area contributed by atoms with Gasteiger partial charge in [0.1, 0.15) is 0 Å². The van der Waals surface area contributed by atoms with Crippen molar-refractivity contribution in [2.45, 2.75) is 25.9 Å². The van der Waals surface area contributed by atoms with E-state index in [9.17, 15) is 0 Å². The van der Waals surface area contributed by atoms with Crippen molar-refractivity contribution in [2.75, 3.05) is 25.2 Å². The van der Waals surface area contributed by atoms with Crippen LogP contribution in [0, 0.1) is 0 Å². The Bertz CT molecular complexity index is 384. The quantitative estimate of drug-likeness (QED) is 0.888. The maximum atomic E-state index is 5.69. The molecule has 2 rings (SSSR count). The van der Waals surface area contributed by atoms with Crippen molar-refractivity contribution in [3.63, 3.8) is 0 Å². The van der Waals surface area contributed by atoms with E-state index < -0.39 is 0 Å². The van der Waals surface area contributed by atoms with E-state index >= 15 is 0 Å². The zero-order valence-electron chi connectivity index (χ0n) is 11.1. The van der Waals surface area contributed by atoms with Crippen LogP contribution in [0.4, 0.5) is 0 Å². The highest BCUT2D eigenvalue weighted by Gasteiger charge is 2.10. The molecule has 0 spiro atoms. The topological polar surface area (TPSA) is 30.5 Å². The summed E-state index contributed by atoms with van der Waals surface area (Å²) in [6.07, 6.45) is 3.08. The third-order valence-corrected chi connectivity index (χ3v) is 3.72. The summed E-state index contributed by atoms with van der Waals surface area (Å²) >= 11 is 1.86. The van der Waals surface area contributed by atoms with Crippen LogP contribution in [0.2, 0.25) is 0 Å². The van der Waals surface area contributed by atoms with Crippen LogP contribution in [0.3, 0.4) is 0 Å². The van der Waals surface area contributed by atoms with Crippen LogP contribution in [0.5, 0.6) is 11.5 Å². The lowest BCUT2D eigenvalue weighted by Crippen LogP contribution is -2.27. The van der Waals surface area contributed by atoms with Gasteiger partial charge in [0.2, 0.25) is 0 Å². The lowest BCUT2D eigenvalue weighted by molar-refractivity contribution is 0.297. The number of ether oxygens (including phenoxy) is 2. The first-order valence-electron chi connectivity index (χ1n) is 6.40. The van der Waals surface area contributed by atoms with Crippen molar-refractivity contribution in [3.8, 4) is 11.5 Å². The molecule has 1 N–H and O–H groups in total. The van der Waals surface area contributed by atoms with Gasteiger partial charge < -0.3 is 14.8 Å². The molecule has 0 aliphatic carbocycles. The van der Waals surface area contributed by atoms with Gasteiger partial charge in [-0.25, -0.2) is 0 Å². The third-order valence-electron chi connectivity index (χ3n) is 2.88. The molecule has 0 saturated carbocycles. The Morgan fingerprint density at radius 1 is 1.28 bits per heavy atom. The second kappa shape index (κ2) is 6.90. The molecule has 3 nitrogen and oxygen atoms in total. The van der Waals surface area contributed by atoms with Gasteiger partial charge in [-0.15, -0.1) is 0 Å². The fourth-order valence-electron chi connectivity index (χ4n) is 1.92. The molecule has 1 atom stereocenters. The van der Waals surface area contributed by atoms with Gasteiger partial charge in [0.05, 0.1) is 13.2 Å². The molecule has 0 bridgehead atoms. The largest absolute Gasteiger partial charge is 0.490 e. The first kappa shape index (κ1) is 13.6. The van der Waals surface area contributed by atoms with Gasteiger partial charge in [0.15, 0.2) is 11.5 Å². The second-order valence-corrected chi connectivity index (χ2v) is 5.48. The van der Waals surface area contributed by atoms with Crippen LogP contribution in [-0.4, -0.2) is 31.3 Å². The monoisotopic (exact) mass is 267 g/mol. The van der Waals surface area contributed by atoms with E-state index in [2.05, 4.69) is 30.6 Å². The van der Waals surface area contributed by atoms with Crippen LogP contribution in [-0.2, 0) is 6.54 Å². The Labute approximate surface area is 113 Å². The van der Waals surface area contributed by atoms with Crippen LogP contribution >= 0.6 is 11.8 Å². The minimum Gasteiger partial charge on any atom is -0.490 e. The molecule has 0 radical (unpaired) electrons. The predicted octanol–water partition coefficient (Wildman–Crippen LogP) is 2.69. The number of fused-ring (bicyclic) bond motifs is 1. The molecule has 1 aromatic carbocycles. The molecule has 1 aliphatic heterocycles. The van der Waals surface area contributed by atoms with Crippen molar-refractivity contribution in [2.24, 2.45) is 0 Å². The molecule has 1 heterocycles. The Balaban J connectivity index is 1.95. The van der Waals surface area contributed by atoms with Gasteiger partial charge in [-0.3, -0.25) is 0 Å². The van der Waals surface area contributed by atoms with Gasteiger partial charge >= 0.3 is 0 Å². The van der Waals surface area contributed by atoms with Gasteiger partial charge in [-0.05, 0) is 30.9 Å². The lowest BCUT2D eigenvalue weighted by Gasteiger charge is -2.14. The number of thioether (sulfide) groups is 1. The van der Waals surface area contributed by atoms with E-state index in [-0.39, 0.29) is 0 Å². The molecule has 0 amide bonds. The minimum atomic E-state index is 0.524. The van der Waals surface area contributed by atoms with E-state index in [1.807, 2.05) is 17.8 Å². The Hall–Kier alpha value is -0.870. The zero-order valence-corrected chi connectivity index (χ0v) is 11.9. The normalized spacial score (nSPS) is 16.1. The number of benzene rings is 1. The summed E-state index contributed by atoms with van der Waals surface area (Å²) in [6.45, 7) is 4.57. The smallest absolute Gasteiger partial charge is 0.161 e. The van der Waals surface area contributed by atoms with Gasteiger partial charge in [0.25, 0.3) is 0 Å². The molecule has 18 heavy (non-hydrogen) atoms. The number of rotatable bonds is 5. The molecule has 1 aromatic rings. The molecule has 100 valence electrons. The third kappa shape index (κ3) is 3.82. The van der Waals surface area contributed by atoms with Crippen molar-refractivity contribution in [1.82, 2.24) is 5.32 Å². The zero-order chi connectivity index (χ0) is 12.8. The first-order chi connectivity index (χ1) is 8.79. The standard InChI is InChI=1S/C14H21NO2S/c1-11(10-18-2)15-9-12-4-5-13-14(8-12)17-7-3-6-16-13/h4-5,8,11,15H,3,6-7,9-10H2,1-2H3. The summed E-state index contributed by atoms with van der Waals surface area (Å²) in [5.74, 6) is 2.88. The Morgan fingerprint density at radius 3 is 2.83 bits per heavy atom. The average molecular weight is 267 g/mol. The minimum absolute atomic E-state index is 0.524. The van der Waals surface area contributed by atoms with E-state index in [4.69, 9.17) is 9.47 Å². The maximum absolute atomic E-state index is 5.69. The summed E-state index contributed by atoms with van der Waals surface area (Å²) in [7, 11) is 0. The van der Waals surface area contributed by atoms with Crippen molar-refractivity contribution in [1.29, 1.82) is 0 Å². The number of hydrogen-bond donors (Lipinski definition) is 1. The predicted molar refractivity (Wildman–Crippen MR) is 76.7 cm³/mol. The molecular weight excluding hydrogens is 246 g/mol. The average Bonchev–Trinajstić information content (AvgIpc) is 2.61. The molecule has 4 heteroatoms. The van der Waals surface area contributed by atoms with Crippen LogP contribution in [0.1, 0.15) is 18.9 Å². The van der Waals surface area contributed by atoms with E-state index in [0.717, 1.165) is 43.4 Å². The highest BCUT2D eigenvalue weighted by Crippen LogP contribution is 2.30. The van der Waals surface area contributed by atoms with Gasteiger partial charge in [0, 0.05) is 24.8 Å². The van der Waals surface area contributed by atoms with E-state index in [0.29, 0.717) is 6.04 Å². The summed E-state index contributed by atoms with van der Waals surface area (Å²) in [5, 5.41) is 3.51. The Kier molecular flexibility index (Phi) is 5.20. The van der Waals surface area contributed by atoms with Crippen molar-refractivity contribution < 1.29 is 9.47 Å². The SMILES string of the molecule is CSCC(C)NCc1ccc2c(c1)OCCCO2. The second-order valence-electron chi connectivity index (χ2n) is 4.57. The first-order valence-corrected chi connectivity index (χ1v) is 7.80. The summed E-state index contributed by atoms with van der Waals surface area (Å²) in [5.41, 5.74) is 1.24. The highest BCUT2D eigenvalue weighted by molar-refractivity contribution is 7.98. The lowest BCUT2D eigenvalue weighted by atomic mass is 10.2. The molecule has 1 aliphatic rings. The van der Waals surface area contributed by atoms with Crippen LogP contribution < -0.4 is 14.8 Å². The van der Waals surface area contributed by atoms with Gasteiger partial charge in [-0.1, -0.05) is 6.07 Å². The molecule has 1 unspecified atom stereocenters. The summed E-state index contributed by atoms with van der Waals surface area (Å²) in [6, 6.07) is 6.72. The molecule has 0 saturated heterocycles. The number of hydrogen-bond acceptors (Lipinski definition) is 4. The van der Waals surface area contributed by atoms with Crippen LogP contribution in [0.25, 0.3) is 0 Å². The summed E-state index contributed by atoms with van der Waals surface area (Å²) < 4.78 is 11.3. The Morgan fingerprint density at radius 2 is 2.06 bits per heavy atom. The maximum Gasteiger partial charge on any atom is 0.161 e. The fourth-order valence-corrected chi connectivity index (χ4v) is 2.54. The molecule has 0 aromatic heterocycles.